The number of aromatic carboxylic acids is 1. The van der Waals surface area contributed by atoms with Gasteiger partial charge >= 0.3 is 12.1 Å². The van der Waals surface area contributed by atoms with Gasteiger partial charge in [-0.1, -0.05) is 0 Å². The van der Waals surface area contributed by atoms with E-state index < -0.39 is 17.8 Å². The fourth-order valence-corrected chi connectivity index (χ4v) is 1.39. The van der Waals surface area contributed by atoms with Gasteiger partial charge in [0.05, 0.1) is 0 Å². The summed E-state index contributed by atoms with van der Waals surface area (Å²) in [6.45, 7) is 0. The number of fused-ring (bicyclic) bond motifs is 1. The van der Waals surface area contributed by atoms with Crippen LogP contribution < -0.4 is 0 Å². The molecule has 0 atom stereocenters. The monoisotopic (exact) mass is 230 g/mol. The van der Waals surface area contributed by atoms with Gasteiger partial charge in [-0.25, -0.2) is 4.79 Å². The first-order chi connectivity index (χ1) is 7.39. The van der Waals surface area contributed by atoms with Crippen molar-refractivity contribution in [3.8, 4) is 0 Å². The molecule has 0 amide bonds. The normalized spacial score (nSPS) is 11.9. The van der Waals surface area contributed by atoms with E-state index in [0.29, 0.717) is 0 Å². The van der Waals surface area contributed by atoms with Gasteiger partial charge in [-0.15, -0.1) is 0 Å². The zero-order chi connectivity index (χ0) is 11.9. The number of carbonyl (C=O) groups is 1. The Morgan fingerprint density at radius 2 is 2.12 bits per heavy atom. The maximum absolute atomic E-state index is 12.5. The van der Waals surface area contributed by atoms with Crippen LogP contribution in [0.2, 0.25) is 0 Å². The van der Waals surface area contributed by atoms with Gasteiger partial charge in [-0.05, 0) is 12.1 Å². The lowest BCUT2D eigenvalue weighted by Gasteiger charge is -2.05. The Labute approximate surface area is 86.7 Å². The largest absolute Gasteiger partial charge is 0.477 e. The van der Waals surface area contributed by atoms with Crippen LogP contribution in [0.3, 0.4) is 0 Å². The van der Waals surface area contributed by atoms with Crippen LogP contribution in [-0.2, 0) is 6.18 Å². The molecule has 0 saturated heterocycles. The number of nitrogens with zero attached hydrogens (tertiary/aromatic N) is 1. The molecule has 84 valence electrons. The molecule has 2 rings (SSSR count). The topological polar surface area (TPSA) is 66.0 Å². The molecule has 0 spiro atoms. The van der Waals surface area contributed by atoms with E-state index in [1.165, 1.54) is 6.07 Å². The van der Waals surface area contributed by atoms with Gasteiger partial charge in [0, 0.05) is 17.1 Å². The summed E-state index contributed by atoms with van der Waals surface area (Å²) >= 11 is 0. The van der Waals surface area contributed by atoms with Crippen LogP contribution in [0.5, 0.6) is 0 Å². The number of alkyl halides is 3. The molecule has 2 N–H and O–H groups in total. The van der Waals surface area contributed by atoms with E-state index in [1.54, 1.807) is 0 Å². The van der Waals surface area contributed by atoms with E-state index in [1.807, 2.05) is 0 Å². The molecule has 0 fully saturated rings. The summed E-state index contributed by atoms with van der Waals surface area (Å²) in [5.74, 6) is -1.32. The fraction of sp³-hybridized carbons (Fsp3) is 0.111. The van der Waals surface area contributed by atoms with Crippen LogP contribution in [0.4, 0.5) is 13.2 Å². The molecule has 0 aliphatic rings. The highest BCUT2D eigenvalue weighted by molar-refractivity contribution is 5.94. The van der Waals surface area contributed by atoms with Gasteiger partial charge in [0.1, 0.15) is 5.69 Å². The van der Waals surface area contributed by atoms with Crippen molar-refractivity contribution in [3.63, 3.8) is 0 Å². The molecular formula is C9H5F3N2O2. The van der Waals surface area contributed by atoms with E-state index in [-0.39, 0.29) is 16.6 Å². The van der Waals surface area contributed by atoms with Crippen LogP contribution in [0.15, 0.2) is 18.3 Å². The molecule has 2 aromatic heterocycles. The molecule has 0 saturated carbocycles. The van der Waals surface area contributed by atoms with Crippen molar-refractivity contribution >= 4 is 16.9 Å². The van der Waals surface area contributed by atoms with Crippen LogP contribution in [0, 0.1) is 0 Å². The molecule has 0 bridgehead atoms. The summed E-state index contributed by atoms with van der Waals surface area (Å²) < 4.78 is 37.5. The number of carboxylic acids is 1. The standard InChI is InChI=1S/C9H5F3N2O2/c10-9(11,12)7-4-3-6(8(15)16)14-5(4)1-2-13-7/h1-3,14H,(H,15,16). The highest BCUT2D eigenvalue weighted by atomic mass is 19.4. The van der Waals surface area contributed by atoms with E-state index in [9.17, 15) is 18.0 Å². The van der Waals surface area contributed by atoms with Gasteiger partial charge < -0.3 is 10.1 Å². The number of aromatic amines is 1. The molecule has 0 unspecified atom stereocenters. The number of hydrogen-bond acceptors (Lipinski definition) is 2. The van der Waals surface area contributed by atoms with E-state index in [2.05, 4.69) is 9.97 Å². The highest BCUT2D eigenvalue weighted by Gasteiger charge is 2.35. The third-order valence-corrected chi connectivity index (χ3v) is 2.05. The first-order valence-corrected chi connectivity index (χ1v) is 4.18. The minimum absolute atomic E-state index is 0.0970. The molecule has 0 radical (unpaired) electrons. The molecule has 16 heavy (non-hydrogen) atoms. The predicted octanol–water partition coefficient (Wildman–Crippen LogP) is 2.28. The minimum Gasteiger partial charge on any atom is -0.477 e. The smallest absolute Gasteiger partial charge is 0.434 e. The maximum Gasteiger partial charge on any atom is 0.434 e. The van der Waals surface area contributed by atoms with Crippen molar-refractivity contribution in [1.29, 1.82) is 0 Å². The van der Waals surface area contributed by atoms with Gasteiger partial charge in [-0.3, -0.25) is 4.98 Å². The third kappa shape index (κ3) is 1.60. The average molecular weight is 230 g/mol. The van der Waals surface area contributed by atoms with Crippen LogP contribution in [0.25, 0.3) is 10.9 Å². The molecule has 0 aliphatic heterocycles. The Hall–Kier alpha value is -2.05. The van der Waals surface area contributed by atoms with Crippen LogP contribution in [-0.4, -0.2) is 21.0 Å². The third-order valence-electron chi connectivity index (χ3n) is 2.05. The second-order valence-electron chi connectivity index (χ2n) is 3.11. The van der Waals surface area contributed by atoms with Crippen molar-refractivity contribution in [3.05, 3.63) is 29.7 Å². The minimum atomic E-state index is -4.60. The molecule has 0 aromatic carbocycles. The van der Waals surface area contributed by atoms with Crippen molar-refractivity contribution in [1.82, 2.24) is 9.97 Å². The first-order valence-electron chi connectivity index (χ1n) is 4.18. The molecule has 0 aliphatic carbocycles. The lowest BCUT2D eigenvalue weighted by Crippen LogP contribution is -2.07. The molecule has 4 nitrogen and oxygen atoms in total. The van der Waals surface area contributed by atoms with Crippen molar-refractivity contribution < 1.29 is 23.1 Å². The zero-order valence-corrected chi connectivity index (χ0v) is 7.67. The number of hydrogen-bond donors (Lipinski definition) is 2. The maximum atomic E-state index is 12.5. The van der Waals surface area contributed by atoms with Gasteiger partial charge in [-0.2, -0.15) is 13.2 Å². The van der Waals surface area contributed by atoms with Crippen molar-refractivity contribution in [2.75, 3.05) is 0 Å². The summed E-state index contributed by atoms with van der Waals surface area (Å²) in [5, 5.41) is 8.40. The Kier molecular flexibility index (Phi) is 2.11. The number of H-pyrrole nitrogens is 1. The summed E-state index contributed by atoms with van der Waals surface area (Å²) in [4.78, 5) is 16.2. The lowest BCUT2D eigenvalue weighted by molar-refractivity contribution is -0.139. The Morgan fingerprint density at radius 1 is 1.44 bits per heavy atom. The van der Waals surface area contributed by atoms with Gasteiger partial charge in [0.15, 0.2) is 5.69 Å². The fourth-order valence-electron chi connectivity index (χ4n) is 1.39. The molecule has 2 aromatic rings. The summed E-state index contributed by atoms with van der Waals surface area (Å²) in [6, 6.07) is 2.21. The zero-order valence-electron chi connectivity index (χ0n) is 7.67. The number of pyridine rings is 1. The Bertz CT molecular complexity index is 559. The number of aromatic nitrogens is 2. The van der Waals surface area contributed by atoms with E-state index >= 15 is 0 Å². The van der Waals surface area contributed by atoms with E-state index in [0.717, 1.165) is 12.3 Å². The lowest BCUT2D eigenvalue weighted by atomic mass is 10.2. The number of nitrogens with one attached hydrogen (secondary N) is 1. The number of carboxylic acid groups (broad SMARTS) is 1. The van der Waals surface area contributed by atoms with Crippen LogP contribution in [0.1, 0.15) is 16.2 Å². The van der Waals surface area contributed by atoms with Gasteiger partial charge in [0.25, 0.3) is 0 Å². The predicted molar refractivity (Wildman–Crippen MR) is 48.1 cm³/mol. The summed E-state index contributed by atoms with van der Waals surface area (Å²) in [5.41, 5.74) is -1.29. The van der Waals surface area contributed by atoms with Gasteiger partial charge in [0.2, 0.25) is 0 Å². The second kappa shape index (κ2) is 3.22. The average Bonchev–Trinajstić information content (AvgIpc) is 2.58. The van der Waals surface area contributed by atoms with Crippen molar-refractivity contribution in [2.24, 2.45) is 0 Å². The summed E-state index contributed by atoms with van der Waals surface area (Å²) in [7, 11) is 0. The van der Waals surface area contributed by atoms with Crippen LogP contribution >= 0.6 is 0 Å². The highest BCUT2D eigenvalue weighted by Crippen LogP contribution is 2.33. The molecule has 7 heteroatoms. The van der Waals surface area contributed by atoms with E-state index in [4.69, 9.17) is 5.11 Å². The quantitative estimate of drug-likeness (QED) is 0.789. The summed E-state index contributed by atoms with van der Waals surface area (Å²) in [6.07, 6.45) is -3.62. The Balaban J connectivity index is 2.73. The first kappa shape index (κ1) is 10.5. The molecular weight excluding hydrogens is 225 g/mol. The number of rotatable bonds is 1. The second-order valence-corrected chi connectivity index (χ2v) is 3.11. The van der Waals surface area contributed by atoms with Crippen molar-refractivity contribution in [2.45, 2.75) is 6.18 Å². The Morgan fingerprint density at radius 3 is 2.69 bits per heavy atom. The SMILES string of the molecule is O=C(O)c1cc2c(C(F)(F)F)nccc2[nH]1. The number of halogens is 3. The molecule has 2 heterocycles.